The smallest absolute Gasteiger partial charge is 0.282 e. The Bertz CT molecular complexity index is 977. The number of nitrogens with zero attached hydrogens (tertiary/aromatic N) is 5. The lowest BCUT2D eigenvalue weighted by atomic mass is 10.2. The number of nitrogen functional groups attached to an aromatic ring is 1. The maximum absolute atomic E-state index is 6.15. The van der Waals surface area contributed by atoms with Crippen molar-refractivity contribution < 1.29 is 4.52 Å². The summed E-state index contributed by atoms with van der Waals surface area (Å²) in [5, 5.41) is 12.1. The fraction of sp³-hybridized carbons (Fsp3) is 0. The summed E-state index contributed by atoms with van der Waals surface area (Å²) in [5.74, 6) is 1.04. The van der Waals surface area contributed by atoms with Crippen molar-refractivity contribution in [1.29, 1.82) is 0 Å². The molecule has 0 saturated carbocycles. The van der Waals surface area contributed by atoms with Crippen LogP contribution in [0.4, 0.5) is 5.82 Å². The highest BCUT2D eigenvalue weighted by Gasteiger charge is 2.19. The van der Waals surface area contributed by atoms with Crippen LogP contribution in [0.2, 0.25) is 0 Å². The van der Waals surface area contributed by atoms with Crippen LogP contribution in [0.15, 0.2) is 63.6 Å². The summed E-state index contributed by atoms with van der Waals surface area (Å²) >= 11 is 3.39. The van der Waals surface area contributed by atoms with Crippen LogP contribution in [0.25, 0.3) is 28.7 Å². The van der Waals surface area contributed by atoms with Crippen molar-refractivity contribution in [1.82, 2.24) is 25.1 Å². The van der Waals surface area contributed by atoms with E-state index < -0.39 is 0 Å². The predicted octanol–water partition coefficient (Wildman–Crippen LogP) is 3.33. The second kappa shape index (κ2) is 5.89. The van der Waals surface area contributed by atoms with Gasteiger partial charge in [-0.2, -0.15) is 9.67 Å². The maximum atomic E-state index is 6.15. The largest absolute Gasteiger partial charge is 0.382 e. The molecule has 0 unspecified atom stereocenters. The third-order valence-corrected chi connectivity index (χ3v) is 3.97. The van der Waals surface area contributed by atoms with Gasteiger partial charge in [-0.15, -0.1) is 5.10 Å². The molecule has 8 heteroatoms. The Morgan fingerprint density at radius 3 is 2.50 bits per heavy atom. The molecule has 0 saturated heterocycles. The number of aromatic nitrogens is 5. The van der Waals surface area contributed by atoms with Gasteiger partial charge in [0.1, 0.15) is 0 Å². The molecule has 2 aromatic heterocycles. The van der Waals surface area contributed by atoms with Gasteiger partial charge in [0, 0.05) is 10.0 Å². The molecule has 4 rings (SSSR count). The molecule has 4 aromatic rings. The number of nitrogens with two attached hydrogens (primary N) is 1. The molecule has 0 aliphatic heterocycles. The van der Waals surface area contributed by atoms with Gasteiger partial charge in [0.15, 0.2) is 11.5 Å². The molecule has 2 N–H and O–H groups in total. The van der Waals surface area contributed by atoms with Crippen LogP contribution in [0.5, 0.6) is 0 Å². The molecule has 118 valence electrons. The SMILES string of the molecule is Nc1c(-c2nc(-c3ccccc3)no2)nnn1-c1ccc(Br)cc1. The molecule has 7 nitrogen and oxygen atoms in total. The number of rotatable bonds is 3. The number of halogens is 1. The average Bonchev–Trinajstić information content (AvgIpc) is 3.23. The molecule has 0 radical (unpaired) electrons. The lowest BCUT2D eigenvalue weighted by Crippen LogP contribution is -2.02. The van der Waals surface area contributed by atoms with Gasteiger partial charge >= 0.3 is 0 Å². The van der Waals surface area contributed by atoms with Crippen LogP contribution in [-0.2, 0) is 0 Å². The summed E-state index contributed by atoms with van der Waals surface area (Å²) in [5.41, 5.74) is 8.15. The summed E-state index contributed by atoms with van der Waals surface area (Å²) in [4.78, 5) is 4.35. The third-order valence-electron chi connectivity index (χ3n) is 3.44. The molecule has 0 spiro atoms. The first-order chi connectivity index (χ1) is 11.7. The Hall–Kier alpha value is -3.00. The highest BCUT2D eigenvalue weighted by Crippen LogP contribution is 2.26. The normalized spacial score (nSPS) is 10.9. The van der Waals surface area contributed by atoms with Crippen LogP contribution >= 0.6 is 15.9 Å². The maximum Gasteiger partial charge on any atom is 0.282 e. The highest BCUT2D eigenvalue weighted by atomic mass is 79.9. The first-order valence-corrected chi connectivity index (χ1v) is 7.88. The number of anilines is 1. The summed E-state index contributed by atoms with van der Waals surface area (Å²) < 4.78 is 7.78. The van der Waals surface area contributed by atoms with E-state index in [2.05, 4.69) is 36.4 Å². The summed E-state index contributed by atoms with van der Waals surface area (Å²) in [6.45, 7) is 0. The van der Waals surface area contributed by atoms with Crippen molar-refractivity contribution in [3.63, 3.8) is 0 Å². The monoisotopic (exact) mass is 382 g/mol. The van der Waals surface area contributed by atoms with Gasteiger partial charge in [0.05, 0.1) is 5.69 Å². The fourth-order valence-corrected chi connectivity index (χ4v) is 2.50. The van der Waals surface area contributed by atoms with Gasteiger partial charge in [0.25, 0.3) is 5.89 Å². The minimum Gasteiger partial charge on any atom is -0.382 e. The van der Waals surface area contributed by atoms with E-state index in [-0.39, 0.29) is 5.89 Å². The molecule has 2 heterocycles. The second-order valence-electron chi connectivity index (χ2n) is 5.00. The Morgan fingerprint density at radius 1 is 1.00 bits per heavy atom. The zero-order valence-corrected chi connectivity index (χ0v) is 13.9. The van der Waals surface area contributed by atoms with Gasteiger partial charge in [-0.05, 0) is 24.3 Å². The minimum absolute atomic E-state index is 0.231. The molecule has 2 aromatic carbocycles. The van der Waals surface area contributed by atoms with E-state index in [9.17, 15) is 0 Å². The molecule has 24 heavy (non-hydrogen) atoms. The van der Waals surface area contributed by atoms with Crippen molar-refractivity contribution in [3.8, 4) is 28.7 Å². The number of benzene rings is 2. The lowest BCUT2D eigenvalue weighted by molar-refractivity contribution is 0.431. The van der Waals surface area contributed by atoms with Crippen molar-refractivity contribution in [2.24, 2.45) is 0 Å². The van der Waals surface area contributed by atoms with Crippen LogP contribution in [0, 0.1) is 0 Å². The van der Waals surface area contributed by atoms with E-state index in [0.717, 1.165) is 15.7 Å². The minimum atomic E-state index is 0.231. The van der Waals surface area contributed by atoms with Crippen molar-refractivity contribution in [3.05, 3.63) is 59.1 Å². The topological polar surface area (TPSA) is 95.7 Å². The first-order valence-electron chi connectivity index (χ1n) is 7.09. The standard InChI is InChI=1S/C16H11BrN6O/c17-11-6-8-12(9-7-11)23-14(18)13(20-22-23)16-19-15(21-24-16)10-4-2-1-3-5-10/h1-9H,18H2. The summed E-state index contributed by atoms with van der Waals surface area (Å²) in [6, 6.07) is 17.1. The molecule has 0 fully saturated rings. The molecule has 0 aliphatic carbocycles. The average molecular weight is 383 g/mol. The van der Waals surface area contributed by atoms with Crippen LogP contribution in [-0.4, -0.2) is 25.1 Å². The van der Waals surface area contributed by atoms with Gasteiger partial charge in [0.2, 0.25) is 5.82 Å². The van der Waals surface area contributed by atoms with E-state index >= 15 is 0 Å². The summed E-state index contributed by atoms with van der Waals surface area (Å²) in [6.07, 6.45) is 0. The quantitative estimate of drug-likeness (QED) is 0.583. The third kappa shape index (κ3) is 2.56. The van der Waals surface area contributed by atoms with Gasteiger partial charge in [-0.25, -0.2) is 0 Å². The Morgan fingerprint density at radius 2 is 1.75 bits per heavy atom. The fourth-order valence-electron chi connectivity index (χ4n) is 2.24. The van der Waals surface area contributed by atoms with Crippen LogP contribution in [0.3, 0.4) is 0 Å². The van der Waals surface area contributed by atoms with Crippen LogP contribution in [0.1, 0.15) is 0 Å². The van der Waals surface area contributed by atoms with Crippen LogP contribution < -0.4 is 5.73 Å². The molecule has 0 atom stereocenters. The van der Waals surface area contributed by atoms with Gasteiger partial charge in [-0.3, -0.25) is 0 Å². The molecular formula is C16H11BrN6O. The first kappa shape index (κ1) is 14.6. The number of hydrogen-bond donors (Lipinski definition) is 1. The van der Waals surface area contributed by atoms with Gasteiger partial charge < -0.3 is 10.3 Å². The van der Waals surface area contributed by atoms with Crippen molar-refractivity contribution >= 4 is 21.7 Å². The van der Waals surface area contributed by atoms with E-state index in [1.54, 1.807) is 0 Å². The van der Waals surface area contributed by atoms with E-state index in [4.69, 9.17) is 10.3 Å². The van der Waals surface area contributed by atoms with E-state index in [0.29, 0.717) is 17.3 Å². The number of hydrogen-bond acceptors (Lipinski definition) is 6. The summed E-state index contributed by atoms with van der Waals surface area (Å²) in [7, 11) is 0. The lowest BCUT2D eigenvalue weighted by Gasteiger charge is -2.02. The highest BCUT2D eigenvalue weighted by molar-refractivity contribution is 9.10. The zero-order valence-electron chi connectivity index (χ0n) is 12.3. The predicted molar refractivity (Wildman–Crippen MR) is 92.2 cm³/mol. The van der Waals surface area contributed by atoms with Crippen molar-refractivity contribution in [2.45, 2.75) is 0 Å². The molecular weight excluding hydrogens is 372 g/mol. The Balaban J connectivity index is 1.71. The zero-order chi connectivity index (χ0) is 16.5. The Labute approximate surface area is 145 Å². The molecule has 0 amide bonds. The molecule has 0 bridgehead atoms. The van der Waals surface area contributed by atoms with E-state index in [1.165, 1.54) is 4.68 Å². The second-order valence-corrected chi connectivity index (χ2v) is 5.92. The molecule has 0 aliphatic rings. The van der Waals surface area contributed by atoms with Crippen molar-refractivity contribution in [2.75, 3.05) is 5.73 Å². The Kier molecular flexibility index (Phi) is 3.58. The van der Waals surface area contributed by atoms with Gasteiger partial charge in [-0.1, -0.05) is 56.6 Å². The van der Waals surface area contributed by atoms with E-state index in [1.807, 2.05) is 54.6 Å².